The third-order valence-corrected chi connectivity index (χ3v) is 4.43. The first-order valence-electron chi connectivity index (χ1n) is 8.20. The Hall–Kier alpha value is -3.06. The summed E-state index contributed by atoms with van der Waals surface area (Å²) in [5.41, 5.74) is 5.93. The van der Waals surface area contributed by atoms with Gasteiger partial charge in [0.1, 0.15) is 0 Å². The number of hydrogen-bond donors (Lipinski definition) is 0. The second-order valence-electron chi connectivity index (χ2n) is 6.00. The Kier molecular flexibility index (Phi) is 3.76. The minimum absolute atomic E-state index is 0.843. The quantitative estimate of drug-likeness (QED) is 0.452. The highest BCUT2D eigenvalue weighted by Crippen LogP contribution is 2.29. The normalized spacial score (nSPS) is 10.8. The van der Waals surface area contributed by atoms with Gasteiger partial charge in [-0.2, -0.15) is 0 Å². The van der Waals surface area contributed by atoms with E-state index in [1.165, 1.54) is 22.2 Å². The number of benzene rings is 3. The molecule has 3 aromatic carbocycles. The minimum atomic E-state index is 0.843. The van der Waals surface area contributed by atoms with Gasteiger partial charge in [0, 0.05) is 23.1 Å². The first-order chi connectivity index (χ1) is 11.8. The Morgan fingerprint density at radius 1 is 0.750 bits per heavy atom. The van der Waals surface area contributed by atoms with Crippen molar-refractivity contribution in [3.8, 4) is 0 Å². The molecule has 4 rings (SSSR count). The number of para-hydroxylation sites is 1. The summed E-state index contributed by atoms with van der Waals surface area (Å²) in [5.74, 6) is 0. The summed E-state index contributed by atoms with van der Waals surface area (Å²) >= 11 is 0. The summed E-state index contributed by atoms with van der Waals surface area (Å²) in [4.78, 5) is 0. The van der Waals surface area contributed by atoms with Crippen LogP contribution >= 0.6 is 0 Å². The van der Waals surface area contributed by atoms with Crippen LogP contribution in [-0.4, -0.2) is 4.57 Å². The molecule has 1 aromatic heterocycles. The van der Waals surface area contributed by atoms with Gasteiger partial charge in [-0.25, -0.2) is 0 Å². The molecule has 0 fully saturated rings. The topological polar surface area (TPSA) is 4.93 Å². The summed E-state index contributed by atoms with van der Waals surface area (Å²) in [6.45, 7) is 5.21. The molecule has 24 heavy (non-hydrogen) atoms. The van der Waals surface area contributed by atoms with Gasteiger partial charge >= 0.3 is 0 Å². The summed E-state index contributed by atoms with van der Waals surface area (Å²) in [6.07, 6.45) is 0. The molecule has 0 spiro atoms. The van der Waals surface area contributed by atoms with Crippen LogP contribution in [0.3, 0.4) is 0 Å². The van der Waals surface area contributed by atoms with E-state index < -0.39 is 0 Å². The fourth-order valence-corrected chi connectivity index (χ4v) is 3.18. The van der Waals surface area contributed by atoms with Gasteiger partial charge in [0.05, 0.1) is 0 Å². The van der Waals surface area contributed by atoms with Crippen molar-refractivity contribution in [1.82, 2.24) is 4.57 Å². The molecule has 0 N–H and O–H groups in total. The average molecular weight is 309 g/mol. The maximum atomic E-state index is 4.37. The molecule has 0 radical (unpaired) electrons. The summed E-state index contributed by atoms with van der Waals surface area (Å²) in [6, 6.07) is 31.7. The van der Waals surface area contributed by atoms with Crippen molar-refractivity contribution in [3.63, 3.8) is 0 Å². The van der Waals surface area contributed by atoms with E-state index in [0.29, 0.717) is 0 Å². The van der Waals surface area contributed by atoms with E-state index in [1.807, 2.05) is 6.07 Å². The lowest BCUT2D eigenvalue weighted by Crippen LogP contribution is -2.04. The summed E-state index contributed by atoms with van der Waals surface area (Å²) in [7, 11) is 0. The van der Waals surface area contributed by atoms with Crippen LogP contribution in [0.15, 0.2) is 97.6 Å². The lowest BCUT2D eigenvalue weighted by molar-refractivity contribution is 0.824. The van der Waals surface area contributed by atoms with Crippen molar-refractivity contribution in [2.75, 3.05) is 0 Å². The molecule has 1 heteroatoms. The average Bonchev–Trinajstić information content (AvgIpc) is 3.01. The summed E-state index contributed by atoms with van der Waals surface area (Å²) < 4.78 is 2.36. The third kappa shape index (κ3) is 2.65. The van der Waals surface area contributed by atoms with E-state index in [-0.39, 0.29) is 0 Å². The molecule has 0 aliphatic rings. The molecule has 0 saturated carbocycles. The van der Waals surface area contributed by atoms with Crippen molar-refractivity contribution in [2.24, 2.45) is 0 Å². The van der Waals surface area contributed by atoms with Gasteiger partial charge < -0.3 is 4.57 Å². The van der Waals surface area contributed by atoms with E-state index >= 15 is 0 Å². The maximum absolute atomic E-state index is 4.37. The number of rotatable bonds is 4. The van der Waals surface area contributed by atoms with E-state index in [9.17, 15) is 0 Å². The molecular formula is C23H19N. The predicted octanol–water partition coefficient (Wildman–Crippen LogP) is 5.75. The molecule has 0 bridgehead atoms. The van der Waals surface area contributed by atoms with Crippen LogP contribution in [0.1, 0.15) is 16.8 Å². The van der Waals surface area contributed by atoms with Crippen molar-refractivity contribution in [2.45, 2.75) is 6.54 Å². The molecule has 0 atom stereocenters. The molecule has 0 amide bonds. The Morgan fingerprint density at radius 2 is 1.38 bits per heavy atom. The highest BCUT2D eigenvalue weighted by Gasteiger charge is 2.12. The van der Waals surface area contributed by atoms with Gasteiger partial charge in [-0.15, -0.1) is 0 Å². The van der Waals surface area contributed by atoms with Crippen LogP contribution in [0.5, 0.6) is 0 Å². The third-order valence-electron chi connectivity index (χ3n) is 4.43. The highest BCUT2D eigenvalue weighted by atomic mass is 15.0. The van der Waals surface area contributed by atoms with E-state index in [2.05, 4.69) is 96.1 Å². The molecule has 0 aliphatic heterocycles. The maximum Gasteiger partial charge on any atom is 0.0494 e. The van der Waals surface area contributed by atoms with Crippen LogP contribution < -0.4 is 0 Å². The van der Waals surface area contributed by atoms with Crippen LogP contribution in [0.4, 0.5) is 0 Å². The lowest BCUT2D eigenvalue weighted by atomic mass is 10.0. The molecule has 116 valence electrons. The Labute approximate surface area is 142 Å². The van der Waals surface area contributed by atoms with Crippen LogP contribution in [0.2, 0.25) is 0 Å². The molecule has 0 aliphatic carbocycles. The Morgan fingerprint density at radius 3 is 2.12 bits per heavy atom. The highest BCUT2D eigenvalue weighted by molar-refractivity contribution is 5.89. The van der Waals surface area contributed by atoms with Gasteiger partial charge in [-0.3, -0.25) is 0 Å². The molecule has 1 nitrogen and oxygen atoms in total. The second-order valence-corrected chi connectivity index (χ2v) is 6.00. The zero-order valence-electron chi connectivity index (χ0n) is 13.5. The van der Waals surface area contributed by atoms with Gasteiger partial charge in [0.2, 0.25) is 0 Å². The number of hydrogen-bond acceptors (Lipinski definition) is 0. The second kappa shape index (κ2) is 6.21. The van der Waals surface area contributed by atoms with E-state index in [0.717, 1.165) is 17.7 Å². The SMILES string of the molecule is C=C(c1ccccc1)c1cc2ccccc2n1Cc1ccccc1. The summed E-state index contributed by atoms with van der Waals surface area (Å²) in [5, 5.41) is 1.25. The number of fused-ring (bicyclic) bond motifs is 1. The van der Waals surface area contributed by atoms with E-state index in [4.69, 9.17) is 0 Å². The van der Waals surface area contributed by atoms with Gasteiger partial charge in [-0.05, 0) is 28.8 Å². The largest absolute Gasteiger partial charge is 0.336 e. The first-order valence-corrected chi connectivity index (χ1v) is 8.20. The van der Waals surface area contributed by atoms with Crippen molar-refractivity contribution in [1.29, 1.82) is 0 Å². The fraction of sp³-hybridized carbons (Fsp3) is 0.0435. The first kappa shape index (κ1) is 14.5. The standard InChI is InChI=1S/C23H19N/c1-18(20-12-6-3-7-13-20)23-16-21-14-8-9-15-22(21)24(23)17-19-10-4-2-5-11-19/h2-16H,1,17H2. The van der Waals surface area contributed by atoms with Crippen molar-refractivity contribution < 1.29 is 0 Å². The number of nitrogens with zero attached hydrogens (tertiary/aromatic N) is 1. The van der Waals surface area contributed by atoms with Crippen molar-refractivity contribution >= 4 is 16.5 Å². The lowest BCUT2D eigenvalue weighted by Gasteiger charge is -2.13. The van der Waals surface area contributed by atoms with Gasteiger partial charge in [-0.1, -0.05) is 85.4 Å². The van der Waals surface area contributed by atoms with E-state index in [1.54, 1.807) is 0 Å². The zero-order valence-corrected chi connectivity index (χ0v) is 13.5. The van der Waals surface area contributed by atoms with Crippen molar-refractivity contribution in [3.05, 3.63) is 114 Å². The fourth-order valence-electron chi connectivity index (χ4n) is 3.18. The smallest absolute Gasteiger partial charge is 0.0494 e. The molecule has 1 heterocycles. The van der Waals surface area contributed by atoms with Crippen LogP contribution in [0.25, 0.3) is 16.5 Å². The molecule has 4 aromatic rings. The molecule has 0 unspecified atom stereocenters. The number of aromatic nitrogens is 1. The monoisotopic (exact) mass is 309 g/mol. The van der Waals surface area contributed by atoms with Gasteiger partial charge in [0.25, 0.3) is 0 Å². The van der Waals surface area contributed by atoms with Gasteiger partial charge in [0.15, 0.2) is 0 Å². The Balaban J connectivity index is 1.85. The molecular weight excluding hydrogens is 290 g/mol. The Bertz CT molecular complexity index is 978. The predicted molar refractivity (Wildman–Crippen MR) is 102 cm³/mol. The van der Waals surface area contributed by atoms with Crippen LogP contribution in [-0.2, 0) is 6.54 Å². The zero-order chi connectivity index (χ0) is 16.4. The molecule has 0 saturated heterocycles. The minimum Gasteiger partial charge on any atom is -0.336 e. The van der Waals surface area contributed by atoms with Crippen LogP contribution in [0, 0.1) is 0 Å².